The molecule has 0 bridgehead atoms. The smallest absolute Gasteiger partial charge is 0.395 e. The number of aryl methyl sites for hydroxylation is 1. The van der Waals surface area contributed by atoms with Crippen molar-refractivity contribution in [1.29, 1.82) is 0 Å². The number of hydrogen-bond donors (Lipinski definition) is 1. The molecule has 1 aliphatic heterocycles. The average molecular weight is 279 g/mol. The number of aliphatic hydroxyl groups is 1. The number of aliphatic hydroxyl groups excluding tert-OH is 1. The Kier molecular flexibility index (Phi) is 3.82. The van der Waals surface area contributed by atoms with Crippen LogP contribution in [0.3, 0.4) is 0 Å². The van der Waals surface area contributed by atoms with Crippen molar-refractivity contribution < 1.29 is 22.8 Å². The summed E-state index contributed by atoms with van der Waals surface area (Å²) in [6.07, 6.45) is -4.58. The van der Waals surface area contributed by atoms with E-state index >= 15 is 0 Å². The quantitative estimate of drug-likeness (QED) is 0.908. The third kappa shape index (κ3) is 2.89. The lowest BCUT2D eigenvalue weighted by Crippen LogP contribution is -2.50. The minimum Gasteiger partial charge on any atom is -0.395 e. The van der Waals surface area contributed by atoms with Crippen LogP contribution in [0.5, 0.6) is 0 Å². The molecule has 2 rings (SSSR count). The summed E-state index contributed by atoms with van der Waals surface area (Å²) in [5, 5.41) is 12.8. The molecule has 108 valence electrons. The monoisotopic (exact) mass is 279 g/mol. The zero-order valence-electron chi connectivity index (χ0n) is 10.6. The molecular formula is C11H16F3N3O2. The first-order valence-electron chi connectivity index (χ1n) is 6.05. The number of likely N-dealkylation sites (tertiary alicyclic amines) is 1. The van der Waals surface area contributed by atoms with Crippen LogP contribution in [-0.4, -0.2) is 46.0 Å². The molecule has 0 amide bonds. The molecule has 1 aromatic rings. The van der Waals surface area contributed by atoms with Gasteiger partial charge in [-0.15, -0.1) is 0 Å². The number of nitrogens with zero attached hydrogens (tertiary/aromatic N) is 3. The molecule has 1 saturated heterocycles. The Balaban J connectivity index is 1.95. The van der Waals surface area contributed by atoms with Gasteiger partial charge < -0.3 is 9.63 Å². The van der Waals surface area contributed by atoms with Crippen LogP contribution in [0.4, 0.5) is 13.2 Å². The molecule has 0 saturated carbocycles. The molecule has 1 N–H and O–H groups in total. The summed E-state index contributed by atoms with van der Waals surface area (Å²) < 4.78 is 43.6. The van der Waals surface area contributed by atoms with E-state index in [-0.39, 0.29) is 25.9 Å². The first-order valence-corrected chi connectivity index (χ1v) is 6.05. The molecular weight excluding hydrogens is 263 g/mol. The maximum absolute atomic E-state index is 12.9. The number of halogens is 3. The third-order valence-corrected chi connectivity index (χ3v) is 3.65. The van der Waals surface area contributed by atoms with Gasteiger partial charge in [0.05, 0.1) is 18.6 Å². The summed E-state index contributed by atoms with van der Waals surface area (Å²) in [7, 11) is 0. The molecule has 0 spiro atoms. The minimum atomic E-state index is -4.36. The van der Waals surface area contributed by atoms with Gasteiger partial charge in [-0.2, -0.15) is 18.2 Å². The SMILES string of the molecule is Cc1nc(CN2CCC(CO)(C(F)(F)F)CC2)no1. The highest BCUT2D eigenvalue weighted by molar-refractivity contribution is 4.93. The molecule has 5 nitrogen and oxygen atoms in total. The van der Waals surface area contributed by atoms with E-state index in [2.05, 4.69) is 10.1 Å². The van der Waals surface area contributed by atoms with E-state index in [0.29, 0.717) is 18.3 Å². The van der Waals surface area contributed by atoms with E-state index in [1.165, 1.54) is 0 Å². The topological polar surface area (TPSA) is 62.4 Å². The number of aromatic nitrogens is 2. The summed E-state index contributed by atoms with van der Waals surface area (Å²) in [6, 6.07) is 0. The van der Waals surface area contributed by atoms with E-state index in [1.54, 1.807) is 6.92 Å². The van der Waals surface area contributed by atoms with Crippen LogP contribution in [0.2, 0.25) is 0 Å². The zero-order valence-corrected chi connectivity index (χ0v) is 10.6. The van der Waals surface area contributed by atoms with Gasteiger partial charge in [0, 0.05) is 6.92 Å². The van der Waals surface area contributed by atoms with Crippen LogP contribution >= 0.6 is 0 Å². The van der Waals surface area contributed by atoms with Gasteiger partial charge in [0.2, 0.25) is 5.89 Å². The Morgan fingerprint density at radius 1 is 1.37 bits per heavy atom. The van der Waals surface area contributed by atoms with Crippen LogP contribution in [-0.2, 0) is 6.54 Å². The summed E-state index contributed by atoms with van der Waals surface area (Å²) in [5.74, 6) is 0.910. The van der Waals surface area contributed by atoms with Gasteiger partial charge in [-0.1, -0.05) is 5.16 Å². The maximum Gasteiger partial charge on any atom is 0.396 e. The molecule has 19 heavy (non-hydrogen) atoms. The van der Waals surface area contributed by atoms with E-state index in [4.69, 9.17) is 9.63 Å². The Morgan fingerprint density at radius 3 is 2.42 bits per heavy atom. The van der Waals surface area contributed by atoms with E-state index < -0.39 is 18.2 Å². The van der Waals surface area contributed by atoms with Gasteiger partial charge in [-0.05, 0) is 25.9 Å². The average Bonchev–Trinajstić information content (AvgIpc) is 2.74. The van der Waals surface area contributed by atoms with E-state index in [9.17, 15) is 13.2 Å². The molecule has 0 unspecified atom stereocenters. The summed E-state index contributed by atoms with van der Waals surface area (Å²) in [5.41, 5.74) is -1.96. The van der Waals surface area contributed by atoms with E-state index in [1.807, 2.05) is 4.90 Å². The number of hydrogen-bond acceptors (Lipinski definition) is 5. The Morgan fingerprint density at radius 2 is 2.00 bits per heavy atom. The summed E-state index contributed by atoms with van der Waals surface area (Å²) in [6.45, 7) is 1.69. The normalized spacial score (nSPS) is 20.7. The minimum absolute atomic E-state index is 0.107. The molecule has 1 fully saturated rings. The van der Waals surface area contributed by atoms with Crippen LogP contribution < -0.4 is 0 Å². The zero-order chi connectivity index (χ0) is 14.1. The van der Waals surface area contributed by atoms with Gasteiger partial charge in [0.15, 0.2) is 5.82 Å². The molecule has 0 radical (unpaired) electrons. The summed E-state index contributed by atoms with van der Waals surface area (Å²) in [4.78, 5) is 5.86. The highest BCUT2D eigenvalue weighted by Gasteiger charge is 2.55. The second-order valence-electron chi connectivity index (χ2n) is 4.94. The molecule has 0 aliphatic carbocycles. The van der Waals surface area contributed by atoms with Gasteiger partial charge in [-0.25, -0.2) is 0 Å². The molecule has 1 aliphatic rings. The molecule has 0 atom stereocenters. The lowest BCUT2D eigenvalue weighted by Gasteiger charge is -2.41. The molecule has 0 aromatic carbocycles. The number of piperidine rings is 1. The van der Waals surface area contributed by atoms with Crippen molar-refractivity contribution in [2.24, 2.45) is 5.41 Å². The lowest BCUT2D eigenvalue weighted by atomic mass is 9.78. The van der Waals surface area contributed by atoms with Gasteiger partial charge >= 0.3 is 6.18 Å². The number of rotatable bonds is 3. The fraction of sp³-hybridized carbons (Fsp3) is 0.818. The molecule has 2 heterocycles. The predicted molar refractivity (Wildman–Crippen MR) is 59.1 cm³/mol. The first-order chi connectivity index (χ1) is 8.86. The van der Waals surface area contributed by atoms with E-state index in [0.717, 1.165) is 0 Å². The molecule has 8 heteroatoms. The van der Waals surface area contributed by atoms with Gasteiger partial charge in [0.25, 0.3) is 0 Å². The Labute approximate surface area is 108 Å². The van der Waals surface area contributed by atoms with Crippen LogP contribution in [0.1, 0.15) is 24.6 Å². The first kappa shape index (κ1) is 14.3. The largest absolute Gasteiger partial charge is 0.396 e. The maximum atomic E-state index is 12.9. The van der Waals surface area contributed by atoms with Gasteiger partial charge in [-0.3, -0.25) is 4.90 Å². The second kappa shape index (κ2) is 5.09. The standard InChI is InChI=1S/C11H16F3N3O2/c1-8-15-9(16-19-8)6-17-4-2-10(7-18,3-5-17)11(12,13)14/h18H,2-7H2,1H3. The van der Waals surface area contributed by atoms with Crippen LogP contribution in [0.15, 0.2) is 4.52 Å². The highest BCUT2D eigenvalue weighted by atomic mass is 19.4. The fourth-order valence-corrected chi connectivity index (χ4v) is 2.28. The van der Waals surface area contributed by atoms with Crippen molar-refractivity contribution in [2.75, 3.05) is 19.7 Å². The van der Waals surface area contributed by atoms with Crippen molar-refractivity contribution in [2.45, 2.75) is 32.5 Å². The Hall–Kier alpha value is -1.15. The van der Waals surface area contributed by atoms with Crippen molar-refractivity contribution >= 4 is 0 Å². The Bertz CT molecular complexity index is 425. The van der Waals surface area contributed by atoms with Crippen molar-refractivity contribution in [3.8, 4) is 0 Å². The van der Waals surface area contributed by atoms with Crippen molar-refractivity contribution in [3.05, 3.63) is 11.7 Å². The van der Waals surface area contributed by atoms with Crippen LogP contribution in [0.25, 0.3) is 0 Å². The highest BCUT2D eigenvalue weighted by Crippen LogP contribution is 2.45. The summed E-state index contributed by atoms with van der Waals surface area (Å²) >= 11 is 0. The fourth-order valence-electron chi connectivity index (χ4n) is 2.28. The van der Waals surface area contributed by atoms with Crippen molar-refractivity contribution in [3.63, 3.8) is 0 Å². The number of alkyl halides is 3. The van der Waals surface area contributed by atoms with Gasteiger partial charge in [0.1, 0.15) is 0 Å². The third-order valence-electron chi connectivity index (χ3n) is 3.65. The second-order valence-corrected chi connectivity index (χ2v) is 4.94. The van der Waals surface area contributed by atoms with Crippen LogP contribution in [0, 0.1) is 12.3 Å². The predicted octanol–water partition coefficient (Wildman–Crippen LogP) is 1.51. The van der Waals surface area contributed by atoms with Crippen molar-refractivity contribution in [1.82, 2.24) is 15.0 Å². The lowest BCUT2D eigenvalue weighted by molar-refractivity contribution is -0.249. The molecule has 1 aromatic heterocycles.